The Hall–Kier alpha value is -2.57. The number of carbonyl (C=O) groups excluding carboxylic acids is 1. The van der Waals surface area contributed by atoms with Crippen LogP contribution in [0, 0.1) is 0 Å². The molecular weight excluding hydrogens is 448 g/mol. The summed E-state index contributed by atoms with van der Waals surface area (Å²) in [7, 11) is 2.27. The zero-order valence-electron chi connectivity index (χ0n) is 21.8. The van der Waals surface area contributed by atoms with Crippen molar-refractivity contribution in [2.75, 3.05) is 30.4 Å². The summed E-state index contributed by atoms with van der Waals surface area (Å²) in [5, 5.41) is 4.02. The molecule has 6 heterocycles. The highest BCUT2D eigenvalue weighted by atomic mass is 16.6. The van der Waals surface area contributed by atoms with Crippen molar-refractivity contribution in [2.45, 2.75) is 87.4 Å². The molecule has 2 aromatic carbocycles. The number of rotatable bonds is 3. The number of carbonyl (C=O) groups is 1. The normalized spacial score (nSPS) is 39.7. The molecule has 8 rings (SSSR count). The molecule has 3 saturated heterocycles. The van der Waals surface area contributed by atoms with E-state index in [1.165, 1.54) is 28.1 Å². The molecule has 3 fully saturated rings. The van der Waals surface area contributed by atoms with Crippen LogP contribution in [0.2, 0.25) is 0 Å². The Morgan fingerprint density at radius 1 is 1.08 bits per heavy atom. The molecular formula is C30H36N4O2. The summed E-state index contributed by atoms with van der Waals surface area (Å²) < 4.78 is 6.42. The van der Waals surface area contributed by atoms with Gasteiger partial charge in [-0.25, -0.2) is 0 Å². The first-order valence-electron chi connectivity index (χ1n) is 13.8. The van der Waals surface area contributed by atoms with E-state index in [1.807, 2.05) is 0 Å². The van der Waals surface area contributed by atoms with E-state index in [4.69, 9.17) is 4.74 Å². The molecule has 6 aliphatic heterocycles. The van der Waals surface area contributed by atoms with Gasteiger partial charge in [-0.15, -0.1) is 0 Å². The zero-order chi connectivity index (χ0) is 24.6. The van der Waals surface area contributed by atoms with Crippen LogP contribution < -0.4 is 10.2 Å². The van der Waals surface area contributed by atoms with Crippen molar-refractivity contribution in [1.29, 1.82) is 0 Å². The standard InChI is InChI=1S/C30H36N4O2/c1-5-9-22(35)33-16-14-29-19-11-6-7-12-20(19)31-26-30(29)15-17-34(27(29)33)24(25-28(2,3)36-25)18-10-8-13-21(23(18)30)32(26)4/h6-8,10-13,24-27,31H,5,9,14-17H2,1-4H3/t24-,25+,26+,27+,29-,30-/m1/s1. The highest BCUT2D eigenvalue weighted by Crippen LogP contribution is 2.72. The molecule has 2 spiro atoms. The Balaban J connectivity index is 1.47. The maximum Gasteiger partial charge on any atom is 0.223 e. The van der Waals surface area contributed by atoms with Gasteiger partial charge in [0.2, 0.25) is 5.91 Å². The highest BCUT2D eigenvalue weighted by Gasteiger charge is 2.77. The zero-order valence-corrected chi connectivity index (χ0v) is 21.8. The lowest BCUT2D eigenvalue weighted by Crippen LogP contribution is -2.73. The van der Waals surface area contributed by atoms with Crippen LogP contribution in [-0.4, -0.2) is 59.9 Å². The molecule has 0 saturated carbocycles. The lowest BCUT2D eigenvalue weighted by Gasteiger charge is -2.62. The monoisotopic (exact) mass is 484 g/mol. The number of epoxide rings is 1. The number of likely N-dealkylation sites (tertiary alicyclic amines) is 1. The van der Waals surface area contributed by atoms with E-state index in [2.05, 4.69) is 90.3 Å². The molecule has 6 nitrogen and oxygen atoms in total. The molecule has 7 atom stereocenters. The topological polar surface area (TPSA) is 51.4 Å². The molecule has 2 bridgehead atoms. The Morgan fingerprint density at radius 3 is 2.64 bits per heavy atom. The lowest BCUT2D eigenvalue weighted by atomic mass is 9.50. The van der Waals surface area contributed by atoms with Gasteiger partial charge < -0.3 is 19.9 Å². The van der Waals surface area contributed by atoms with Gasteiger partial charge in [-0.3, -0.25) is 9.69 Å². The van der Waals surface area contributed by atoms with Crippen molar-refractivity contribution >= 4 is 17.3 Å². The van der Waals surface area contributed by atoms with Crippen LogP contribution in [0.25, 0.3) is 0 Å². The van der Waals surface area contributed by atoms with Gasteiger partial charge in [-0.05, 0) is 61.9 Å². The molecule has 188 valence electrons. The Kier molecular flexibility index (Phi) is 3.97. The maximum atomic E-state index is 13.8. The van der Waals surface area contributed by atoms with Gasteiger partial charge in [0.1, 0.15) is 12.3 Å². The van der Waals surface area contributed by atoms with Crippen LogP contribution >= 0.6 is 0 Å². The van der Waals surface area contributed by atoms with Crippen LogP contribution in [0.5, 0.6) is 0 Å². The molecule has 0 aromatic heterocycles. The van der Waals surface area contributed by atoms with E-state index >= 15 is 0 Å². The van der Waals surface area contributed by atoms with Crippen molar-refractivity contribution in [3.8, 4) is 0 Å². The number of hydrogen-bond acceptors (Lipinski definition) is 5. The summed E-state index contributed by atoms with van der Waals surface area (Å²) in [6.45, 7) is 8.37. The number of nitrogens with one attached hydrogen (secondary N) is 1. The first kappa shape index (κ1) is 21.5. The molecule has 0 radical (unpaired) electrons. The van der Waals surface area contributed by atoms with Crippen LogP contribution in [0.1, 0.15) is 69.2 Å². The fourth-order valence-electron chi connectivity index (χ4n) is 9.34. The van der Waals surface area contributed by atoms with Gasteiger partial charge in [0.05, 0.1) is 23.2 Å². The van der Waals surface area contributed by atoms with Crippen molar-refractivity contribution < 1.29 is 9.53 Å². The van der Waals surface area contributed by atoms with Crippen molar-refractivity contribution in [3.63, 3.8) is 0 Å². The number of nitrogens with zero attached hydrogens (tertiary/aromatic N) is 3. The number of likely N-dealkylation sites (N-methyl/N-ethyl adjacent to an activating group) is 1. The first-order chi connectivity index (χ1) is 17.4. The number of anilines is 2. The third-order valence-electron chi connectivity index (χ3n) is 10.6. The summed E-state index contributed by atoms with van der Waals surface area (Å²) in [5.74, 6) is 0.307. The second-order valence-electron chi connectivity index (χ2n) is 12.4. The number of benzene rings is 2. The van der Waals surface area contributed by atoms with E-state index in [9.17, 15) is 4.79 Å². The Labute approximate surface area is 213 Å². The summed E-state index contributed by atoms with van der Waals surface area (Å²) in [6, 6.07) is 16.0. The summed E-state index contributed by atoms with van der Waals surface area (Å²) in [4.78, 5) is 21.2. The maximum absolute atomic E-state index is 13.8. The van der Waals surface area contributed by atoms with E-state index in [-0.39, 0.29) is 40.9 Å². The number of ether oxygens (including phenoxy) is 1. The molecule has 6 aliphatic rings. The van der Waals surface area contributed by atoms with Crippen LogP contribution in [-0.2, 0) is 20.4 Å². The Bertz CT molecular complexity index is 1310. The molecule has 6 heteroatoms. The number of amides is 1. The summed E-state index contributed by atoms with van der Waals surface area (Å²) in [5.41, 5.74) is 6.51. The predicted molar refractivity (Wildman–Crippen MR) is 140 cm³/mol. The smallest absolute Gasteiger partial charge is 0.223 e. The van der Waals surface area contributed by atoms with Gasteiger partial charge in [0.25, 0.3) is 0 Å². The van der Waals surface area contributed by atoms with Crippen molar-refractivity contribution in [3.05, 3.63) is 59.2 Å². The molecule has 2 aromatic rings. The number of para-hydroxylation sites is 1. The number of hydrogen-bond donors (Lipinski definition) is 1. The van der Waals surface area contributed by atoms with Gasteiger partial charge in [-0.1, -0.05) is 37.3 Å². The van der Waals surface area contributed by atoms with Crippen molar-refractivity contribution in [1.82, 2.24) is 9.80 Å². The van der Waals surface area contributed by atoms with E-state index < -0.39 is 0 Å². The minimum atomic E-state index is -0.162. The molecule has 1 N–H and O–H groups in total. The number of fused-ring (bicyclic) bond motifs is 1. The average Bonchev–Trinajstić information content (AvgIpc) is 3.26. The van der Waals surface area contributed by atoms with Crippen molar-refractivity contribution in [2.24, 2.45) is 0 Å². The van der Waals surface area contributed by atoms with Gasteiger partial charge in [0.15, 0.2) is 0 Å². The minimum absolute atomic E-state index is 0.0350. The third-order valence-corrected chi connectivity index (χ3v) is 10.6. The van der Waals surface area contributed by atoms with Gasteiger partial charge >= 0.3 is 0 Å². The molecule has 1 amide bonds. The lowest BCUT2D eigenvalue weighted by molar-refractivity contribution is -0.142. The largest absolute Gasteiger partial charge is 0.365 e. The van der Waals surface area contributed by atoms with E-state index in [1.54, 1.807) is 0 Å². The highest BCUT2D eigenvalue weighted by molar-refractivity contribution is 5.81. The predicted octanol–water partition coefficient (Wildman–Crippen LogP) is 4.36. The van der Waals surface area contributed by atoms with E-state index in [0.29, 0.717) is 12.3 Å². The summed E-state index contributed by atoms with van der Waals surface area (Å²) in [6.07, 6.45) is 3.92. The quantitative estimate of drug-likeness (QED) is 0.656. The van der Waals surface area contributed by atoms with Gasteiger partial charge in [0, 0.05) is 43.3 Å². The molecule has 1 unspecified atom stereocenters. The fourth-order valence-corrected chi connectivity index (χ4v) is 9.34. The second kappa shape index (κ2) is 6.65. The van der Waals surface area contributed by atoms with Crippen LogP contribution in [0.4, 0.5) is 11.4 Å². The minimum Gasteiger partial charge on any atom is -0.365 e. The third kappa shape index (κ3) is 2.18. The fraction of sp³-hybridized carbons (Fsp3) is 0.567. The van der Waals surface area contributed by atoms with Crippen LogP contribution in [0.15, 0.2) is 42.5 Å². The molecule has 0 aliphatic carbocycles. The SMILES string of the molecule is CCCC(=O)N1CC[C@]23c4ccccc4N[C@H]4N(C)c5cccc6c5[C@]42CCN([C@H]6[C@@H]2OC2(C)C)[C@H]13. The number of piperidine rings is 1. The van der Waals surface area contributed by atoms with Gasteiger partial charge in [-0.2, -0.15) is 0 Å². The first-order valence-corrected chi connectivity index (χ1v) is 13.8. The van der Waals surface area contributed by atoms with Crippen LogP contribution in [0.3, 0.4) is 0 Å². The molecule has 36 heavy (non-hydrogen) atoms. The van der Waals surface area contributed by atoms with E-state index in [0.717, 1.165) is 32.4 Å². The average molecular weight is 485 g/mol. The Morgan fingerprint density at radius 2 is 1.86 bits per heavy atom. The summed E-state index contributed by atoms with van der Waals surface area (Å²) >= 11 is 0. The second-order valence-corrected chi connectivity index (χ2v) is 12.4.